The van der Waals surface area contributed by atoms with Crippen LogP contribution in [0.4, 0.5) is 0 Å². The van der Waals surface area contributed by atoms with Crippen molar-refractivity contribution in [1.29, 1.82) is 0 Å². The van der Waals surface area contributed by atoms with E-state index in [-0.39, 0.29) is 5.91 Å². The monoisotopic (exact) mass is 469 g/mol. The van der Waals surface area contributed by atoms with Crippen LogP contribution < -0.4 is 5.32 Å². The molecule has 0 aliphatic carbocycles. The third-order valence-electron chi connectivity index (χ3n) is 4.16. The lowest BCUT2D eigenvalue weighted by Gasteiger charge is -2.07. The van der Waals surface area contributed by atoms with Crippen LogP contribution >= 0.6 is 39.0 Å². The quantitative estimate of drug-likeness (QED) is 0.298. The van der Waals surface area contributed by atoms with E-state index in [1.165, 1.54) is 11.8 Å². The fourth-order valence-electron chi connectivity index (χ4n) is 2.78. The maximum absolute atomic E-state index is 12.3. The lowest BCUT2D eigenvalue weighted by Crippen LogP contribution is -2.24. The molecule has 7 heteroatoms. The molecule has 1 amide bonds. The predicted molar refractivity (Wildman–Crippen MR) is 120 cm³/mol. The number of nitrogens with one attached hydrogen (secondary N) is 1. The Kier molecular flexibility index (Phi) is 6.04. The Bertz CT molecular complexity index is 1100. The minimum absolute atomic E-state index is 0.0129. The molecule has 0 saturated carbocycles. The van der Waals surface area contributed by atoms with Gasteiger partial charge in [0.05, 0.1) is 11.1 Å². The number of rotatable bonds is 6. The highest BCUT2D eigenvalue weighted by Gasteiger charge is 2.14. The van der Waals surface area contributed by atoms with Gasteiger partial charge in [0.15, 0.2) is 0 Å². The van der Waals surface area contributed by atoms with Gasteiger partial charge in [-0.05, 0) is 23.3 Å². The summed E-state index contributed by atoms with van der Waals surface area (Å²) in [4.78, 5) is 22.0. The summed E-state index contributed by atoms with van der Waals surface area (Å²) in [6.45, 7) is 0.530. The Morgan fingerprint density at radius 3 is 2.64 bits per heavy atom. The summed E-state index contributed by atoms with van der Waals surface area (Å²) in [5.74, 6) is 0.301. The smallest absolute Gasteiger partial charge is 0.230 e. The zero-order valence-electron chi connectivity index (χ0n) is 14.8. The van der Waals surface area contributed by atoms with Gasteiger partial charge in [0.25, 0.3) is 0 Å². The van der Waals surface area contributed by atoms with Gasteiger partial charge in [-0.1, -0.05) is 70.2 Å². The highest BCUT2D eigenvalue weighted by atomic mass is 79.9. The first-order chi connectivity index (χ1) is 13.7. The molecule has 1 N–H and O–H groups in total. The molecule has 0 spiro atoms. The standard InChI is InChI=1S/C21H16BrN3OS2/c22-16-8-6-15(7-9-16)17-11-27-20-19(17)21(25-13-24-20)28-12-18(26)23-10-14-4-2-1-3-5-14/h1-9,11,13H,10,12H2,(H,23,26). The van der Waals surface area contributed by atoms with Crippen molar-refractivity contribution in [3.63, 3.8) is 0 Å². The molecule has 0 atom stereocenters. The first-order valence-corrected chi connectivity index (χ1v) is 11.3. The number of carbonyl (C=O) groups is 1. The van der Waals surface area contributed by atoms with Crippen LogP contribution in [0.5, 0.6) is 0 Å². The molecular formula is C21H16BrN3OS2. The normalized spacial score (nSPS) is 10.9. The molecular weight excluding hydrogens is 454 g/mol. The van der Waals surface area contributed by atoms with Crippen molar-refractivity contribution in [3.8, 4) is 11.1 Å². The average Bonchev–Trinajstić information content (AvgIpc) is 3.17. The number of benzene rings is 2. The van der Waals surface area contributed by atoms with Crippen LogP contribution in [0.1, 0.15) is 5.56 Å². The third-order valence-corrected chi connectivity index (χ3v) is 6.57. The summed E-state index contributed by atoms with van der Waals surface area (Å²) in [6, 6.07) is 18.1. The zero-order valence-corrected chi connectivity index (χ0v) is 18.0. The Morgan fingerprint density at radius 2 is 1.86 bits per heavy atom. The Balaban J connectivity index is 1.50. The van der Waals surface area contributed by atoms with Crippen molar-refractivity contribution >= 4 is 55.2 Å². The Morgan fingerprint density at radius 1 is 1.07 bits per heavy atom. The maximum atomic E-state index is 12.3. The summed E-state index contributed by atoms with van der Waals surface area (Å²) in [7, 11) is 0. The molecule has 2 aromatic heterocycles. The third kappa shape index (κ3) is 4.43. The van der Waals surface area contributed by atoms with Crippen LogP contribution in [0.2, 0.25) is 0 Å². The molecule has 4 aromatic rings. The minimum atomic E-state index is -0.0129. The Hall–Kier alpha value is -2.22. The van der Waals surface area contributed by atoms with E-state index < -0.39 is 0 Å². The van der Waals surface area contributed by atoms with Crippen LogP contribution in [-0.2, 0) is 11.3 Å². The van der Waals surface area contributed by atoms with Gasteiger partial charge in [0, 0.05) is 22.0 Å². The molecule has 4 nitrogen and oxygen atoms in total. The Labute approximate surface area is 179 Å². The molecule has 2 heterocycles. The van der Waals surface area contributed by atoms with Crippen molar-refractivity contribution in [3.05, 3.63) is 76.3 Å². The van der Waals surface area contributed by atoms with Crippen LogP contribution in [0, 0.1) is 0 Å². The second-order valence-corrected chi connectivity index (χ2v) is 8.80. The van der Waals surface area contributed by atoms with Gasteiger partial charge in [-0.2, -0.15) is 0 Å². The van der Waals surface area contributed by atoms with Gasteiger partial charge in [0.1, 0.15) is 16.2 Å². The predicted octanol–water partition coefficient (Wildman–Crippen LogP) is 5.53. The lowest BCUT2D eigenvalue weighted by atomic mass is 10.1. The fraction of sp³-hybridized carbons (Fsp3) is 0.0952. The molecule has 2 aromatic carbocycles. The molecule has 0 aliphatic heterocycles. The number of fused-ring (bicyclic) bond motifs is 1. The van der Waals surface area contributed by atoms with E-state index in [4.69, 9.17) is 0 Å². The fourth-order valence-corrected chi connectivity index (χ4v) is 4.87. The van der Waals surface area contributed by atoms with Gasteiger partial charge >= 0.3 is 0 Å². The number of thiophene rings is 1. The van der Waals surface area contributed by atoms with E-state index in [9.17, 15) is 4.79 Å². The van der Waals surface area contributed by atoms with Crippen molar-refractivity contribution in [2.45, 2.75) is 11.6 Å². The maximum Gasteiger partial charge on any atom is 0.230 e. The van der Waals surface area contributed by atoms with E-state index >= 15 is 0 Å². The van der Waals surface area contributed by atoms with E-state index in [1.54, 1.807) is 17.7 Å². The largest absolute Gasteiger partial charge is 0.351 e. The zero-order chi connectivity index (χ0) is 19.3. The second kappa shape index (κ2) is 8.86. The summed E-state index contributed by atoms with van der Waals surface area (Å²) in [6.07, 6.45) is 1.56. The number of hydrogen-bond acceptors (Lipinski definition) is 5. The molecule has 0 radical (unpaired) electrons. The summed E-state index contributed by atoms with van der Waals surface area (Å²) >= 11 is 6.51. The van der Waals surface area contributed by atoms with Crippen LogP contribution in [0.3, 0.4) is 0 Å². The van der Waals surface area contributed by atoms with E-state index in [0.717, 1.165) is 36.4 Å². The number of aromatic nitrogens is 2. The molecule has 28 heavy (non-hydrogen) atoms. The average molecular weight is 470 g/mol. The van der Waals surface area contributed by atoms with E-state index in [2.05, 4.69) is 48.7 Å². The van der Waals surface area contributed by atoms with Crippen molar-refractivity contribution in [2.24, 2.45) is 0 Å². The van der Waals surface area contributed by atoms with E-state index in [0.29, 0.717) is 12.3 Å². The van der Waals surface area contributed by atoms with Crippen LogP contribution in [0.25, 0.3) is 21.3 Å². The number of amides is 1. The summed E-state index contributed by atoms with van der Waals surface area (Å²) < 4.78 is 1.04. The SMILES string of the molecule is O=C(CSc1ncnc2scc(-c3ccc(Br)cc3)c12)NCc1ccccc1. The van der Waals surface area contributed by atoms with Crippen molar-refractivity contribution < 1.29 is 4.79 Å². The van der Waals surface area contributed by atoms with Crippen molar-refractivity contribution in [2.75, 3.05) is 5.75 Å². The van der Waals surface area contributed by atoms with Gasteiger partial charge in [-0.3, -0.25) is 4.79 Å². The number of carbonyl (C=O) groups excluding carboxylic acids is 1. The molecule has 0 fully saturated rings. The minimum Gasteiger partial charge on any atom is -0.351 e. The first kappa shape index (κ1) is 19.1. The van der Waals surface area contributed by atoms with Crippen LogP contribution in [0.15, 0.2) is 75.8 Å². The first-order valence-electron chi connectivity index (χ1n) is 8.62. The molecule has 0 unspecified atom stereocenters. The topological polar surface area (TPSA) is 54.9 Å². The molecule has 0 saturated heterocycles. The number of nitrogens with zero attached hydrogens (tertiary/aromatic N) is 2. The van der Waals surface area contributed by atoms with Crippen LogP contribution in [-0.4, -0.2) is 21.6 Å². The molecule has 0 aliphatic rings. The summed E-state index contributed by atoms with van der Waals surface area (Å²) in [5.41, 5.74) is 3.29. The summed E-state index contributed by atoms with van der Waals surface area (Å²) in [5, 5.41) is 6.90. The van der Waals surface area contributed by atoms with E-state index in [1.807, 2.05) is 42.5 Å². The second-order valence-electron chi connectivity index (χ2n) is 6.07. The molecule has 4 rings (SSSR count). The van der Waals surface area contributed by atoms with Crippen molar-refractivity contribution in [1.82, 2.24) is 15.3 Å². The number of hydrogen-bond donors (Lipinski definition) is 1. The van der Waals surface area contributed by atoms with Gasteiger partial charge in [-0.15, -0.1) is 11.3 Å². The van der Waals surface area contributed by atoms with Gasteiger partial charge in [-0.25, -0.2) is 9.97 Å². The number of halogens is 1. The highest BCUT2D eigenvalue weighted by Crippen LogP contribution is 2.38. The lowest BCUT2D eigenvalue weighted by molar-refractivity contribution is -0.118. The van der Waals surface area contributed by atoms with Gasteiger partial charge < -0.3 is 5.32 Å². The van der Waals surface area contributed by atoms with Gasteiger partial charge in [0.2, 0.25) is 5.91 Å². The molecule has 0 bridgehead atoms. The highest BCUT2D eigenvalue weighted by molar-refractivity contribution is 9.10. The number of thioether (sulfide) groups is 1. The molecule has 140 valence electrons.